The van der Waals surface area contributed by atoms with E-state index < -0.39 is 0 Å². The average molecular weight is 393 g/mol. The van der Waals surface area contributed by atoms with Gasteiger partial charge in [0.25, 0.3) is 5.56 Å². The van der Waals surface area contributed by atoms with Crippen LogP contribution in [0.25, 0.3) is 32.9 Å². The third-order valence-corrected chi connectivity index (χ3v) is 5.26. The van der Waals surface area contributed by atoms with Crippen molar-refractivity contribution < 1.29 is 4.74 Å². The summed E-state index contributed by atoms with van der Waals surface area (Å²) in [6, 6.07) is 13.3. The average Bonchev–Trinajstić information content (AvgIpc) is 2.73. The van der Waals surface area contributed by atoms with Crippen LogP contribution in [-0.2, 0) is 4.74 Å². The Bertz CT molecular complexity index is 1250. The van der Waals surface area contributed by atoms with Gasteiger partial charge in [-0.05, 0) is 29.8 Å². The van der Waals surface area contributed by atoms with E-state index in [4.69, 9.17) is 21.3 Å². The Labute approximate surface area is 165 Å². The number of ether oxygens (including phenoxy) is 1. The Morgan fingerprint density at radius 2 is 1.89 bits per heavy atom. The molecular formula is C21H17ClN4O2. The highest BCUT2D eigenvalue weighted by molar-refractivity contribution is 6.31. The quantitative estimate of drug-likeness (QED) is 0.564. The van der Waals surface area contributed by atoms with Crippen molar-refractivity contribution in [3.8, 4) is 11.1 Å². The van der Waals surface area contributed by atoms with Gasteiger partial charge in [0, 0.05) is 35.3 Å². The normalized spacial score (nSPS) is 14.7. The van der Waals surface area contributed by atoms with Crippen LogP contribution in [0, 0.1) is 0 Å². The molecule has 6 nitrogen and oxygen atoms in total. The molecule has 5 rings (SSSR count). The van der Waals surface area contributed by atoms with Crippen molar-refractivity contribution in [3.63, 3.8) is 0 Å². The molecule has 0 atom stereocenters. The van der Waals surface area contributed by atoms with Gasteiger partial charge >= 0.3 is 0 Å². The molecule has 2 aromatic carbocycles. The first-order chi connectivity index (χ1) is 13.7. The van der Waals surface area contributed by atoms with Crippen LogP contribution in [0.3, 0.4) is 0 Å². The second-order valence-electron chi connectivity index (χ2n) is 6.71. The number of morpholine rings is 1. The number of rotatable bonds is 2. The van der Waals surface area contributed by atoms with E-state index in [9.17, 15) is 4.79 Å². The van der Waals surface area contributed by atoms with Crippen molar-refractivity contribution in [2.75, 3.05) is 31.2 Å². The fourth-order valence-electron chi connectivity index (χ4n) is 3.65. The summed E-state index contributed by atoms with van der Waals surface area (Å²) in [6.45, 7) is 2.65. The molecule has 1 saturated heterocycles. The number of anilines is 1. The van der Waals surface area contributed by atoms with E-state index in [0.29, 0.717) is 48.2 Å². The van der Waals surface area contributed by atoms with E-state index in [0.717, 1.165) is 22.0 Å². The summed E-state index contributed by atoms with van der Waals surface area (Å²) in [4.78, 5) is 27.0. The fraction of sp³-hybridized carbons (Fsp3) is 0.190. The van der Waals surface area contributed by atoms with Crippen LogP contribution in [0.1, 0.15) is 0 Å². The number of hydrogen-bond acceptors (Lipinski definition) is 5. The topological polar surface area (TPSA) is 71.1 Å². The summed E-state index contributed by atoms with van der Waals surface area (Å²) in [7, 11) is 0. The molecule has 0 radical (unpaired) electrons. The summed E-state index contributed by atoms with van der Waals surface area (Å²) in [5, 5.41) is 2.17. The predicted molar refractivity (Wildman–Crippen MR) is 111 cm³/mol. The van der Waals surface area contributed by atoms with E-state index in [1.54, 1.807) is 12.3 Å². The van der Waals surface area contributed by atoms with Crippen LogP contribution >= 0.6 is 11.6 Å². The van der Waals surface area contributed by atoms with E-state index in [1.165, 1.54) is 0 Å². The number of pyridine rings is 1. The maximum atomic E-state index is 12.8. The molecule has 3 heterocycles. The molecule has 0 amide bonds. The van der Waals surface area contributed by atoms with Crippen LogP contribution in [0.4, 0.5) is 5.95 Å². The van der Waals surface area contributed by atoms with Gasteiger partial charge in [-0.25, -0.2) is 4.98 Å². The molecule has 4 aromatic rings. The largest absolute Gasteiger partial charge is 0.378 e. The standard InChI is InChI=1S/C21H17ClN4O2/c22-13-4-5-15-14(6-7-23-18(15)12-13)16-2-1-3-17-19(16)24-21(25-20(17)27)26-8-10-28-11-9-26/h1-7,12H,8-11H2,(H,24,25,27). The lowest BCUT2D eigenvalue weighted by Gasteiger charge is -2.27. The highest BCUT2D eigenvalue weighted by Crippen LogP contribution is 2.32. The second-order valence-corrected chi connectivity index (χ2v) is 7.15. The number of nitrogens with one attached hydrogen (secondary N) is 1. The Hall–Kier alpha value is -2.96. The number of aromatic amines is 1. The molecule has 1 aliphatic rings. The van der Waals surface area contributed by atoms with Gasteiger partial charge in [0.1, 0.15) is 0 Å². The van der Waals surface area contributed by atoms with Gasteiger partial charge in [-0.15, -0.1) is 0 Å². The van der Waals surface area contributed by atoms with Crippen LogP contribution in [0.2, 0.25) is 5.02 Å². The Balaban J connectivity index is 1.76. The minimum atomic E-state index is -0.144. The Kier molecular flexibility index (Phi) is 4.22. The number of halogens is 1. The number of hydrogen-bond donors (Lipinski definition) is 1. The number of para-hydroxylation sites is 1. The number of benzene rings is 2. The van der Waals surface area contributed by atoms with Gasteiger partial charge in [0.2, 0.25) is 5.95 Å². The maximum absolute atomic E-state index is 12.8. The molecule has 2 aromatic heterocycles. The maximum Gasteiger partial charge on any atom is 0.260 e. The van der Waals surface area contributed by atoms with Gasteiger partial charge in [0.05, 0.1) is 29.6 Å². The van der Waals surface area contributed by atoms with Crippen molar-refractivity contribution in [2.45, 2.75) is 0 Å². The Morgan fingerprint density at radius 3 is 2.75 bits per heavy atom. The fourth-order valence-corrected chi connectivity index (χ4v) is 3.81. The van der Waals surface area contributed by atoms with Crippen LogP contribution in [-0.4, -0.2) is 41.3 Å². The molecule has 140 valence electrons. The molecule has 1 N–H and O–H groups in total. The van der Waals surface area contributed by atoms with E-state index in [1.807, 2.05) is 41.3 Å². The van der Waals surface area contributed by atoms with Gasteiger partial charge in [-0.2, -0.15) is 0 Å². The molecule has 0 unspecified atom stereocenters. The summed E-state index contributed by atoms with van der Waals surface area (Å²) in [5.41, 5.74) is 3.20. The monoisotopic (exact) mass is 392 g/mol. The third kappa shape index (κ3) is 2.91. The van der Waals surface area contributed by atoms with Gasteiger partial charge in [0.15, 0.2) is 0 Å². The highest BCUT2D eigenvalue weighted by atomic mass is 35.5. The lowest BCUT2D eigenvalue weighted by molar-refractivity contribution is 0.122. The molecule has 0 spiro atoms. The van der Waals surface area contributed by atoms with Crippen LogP contribution in [0.5, 0.6) is 0 Å². The zero-order valence-electron chi connectivity index (χ0n) is 15.0. The molecule has 0 aliphatic carbocycles. The lowest BCUT2D eigenvalue weighted by atomic mass is 9.99. The van der Waals surface area contributed by atoms with Crippen LogP contribution < -0.4 is 10.5 Å². The van der Waals surface area contributed by atoms with Crippen molar-refractivity contribution >= 4 is 39.4 Å². The smallest absolute Gasteiger partial charge is 0.260 e. The van der Waals surface area contributed by atoms with Crippen molar-refractivity contribution in [1.29, 1.82) is 0 Å². The molecule has 0 saturated carbocycles. The van der Waals surface area contributed by atoms with Crippen molar-refractivity contribution in [2.24, 2.45) is 0 Å². The van der Waals surface area contributed by atoms with Gasteiger partial charge in [-0.3, -0.25) is 14.8 Å². The number of aromatic nitrogens is 3. The number of fused-ring (bicyclic) bond motifs is 2. The molecule has 1 fully saturated rings. The number of nitrogens with zero attached hydrogens (tertiary/aromatic N) is 3. The van der Waals surface area contributed by atoms with Crippen molar-refractivity contribution in [3.05, 3.63) is 64.0 Å². The second kappa shape index (κ2) is 6.89. The van der Waals surface area contributed by atoms with E-state index in [-0.39, 0.29) is 5.56 Å². The first-order valence-corrected chi connectivity index (χ1v) is 9.49. The summed E-state index contributed by atoms with van der Waals surface area (Å²) in [6.07, 6.45) is 1.75. The summed E-state index contributed by atoms with van der Waals surface area (Å²) >= 11 is 6.13. The summed E-state index contributed by atoms with van der Waals surface area (Å²) in [5.74, 6) is 0.578. The minimum Gasteiger partial charge on any atom is -0.378 e. The zero-order chi connectivity index (χ0) is 19.1. The highest BCUT2D eigenvalue weighted by Gasteiger charge is 2.17. The molecule has 28 heavy (non-hydrogen) atoms. The molecule has 1 aliphatic heterocycles. The van der Waals surface area contributed by atoms with E-state index >= 15 is 0 Å². The van der Waals surface area contributed by atoms with Gasteiger partial charge < -0.3 is 9.64 Å². The molecular weight excluding hydrogens is 376 g/mol. The minimum absolute atomic E-state index is 0.144. The third-order valence-electron chi connectivity index (χ3n) is 5.03. The predicted octanol–water partition coefficient (Wildman–Crippen LogP) is 3.63. The van der Waals surface area contributed by atoms with E-state index in [2.05, 4.69) is 9.97 Å². The zero-order valence-corrected chi connectivity index (χ0v) is 15.7. The summed E-state index contributed by atoms with van der Waals surface area (Å²) < 4.78 is 5.41. The first-order valence-electron chi connectivity index (χ1n) is 9.11. The number of H-pyrrole nitrogens is 1. The Morgan fingerprint density at radius 1 is 1.04 bits per heavy atom. The SMILES string of the molecule is O=c1[nH]c(N2CCOCC2)nc2c(-c3ccnc4cc(Cl)ccc34)cccc12. The first kappa shape index (κ1) is 17.2. The van der Waals surface area contributed by atoms with Crippen LogP contribution in [0.15, 0.2) is 53.5 Å². The van der Waals surface area contributed by atoms with Gasteiger partial charge in [-0.1, -0.05) is 29.8 Å². The van der Waals surface area contributed by atoms with Crippen molar-refractivity contribution in [1.82, 2.24) is 15.0 Å². The lowest BCUT2D eigenvalue weighted by Crippen LogP contribution is -2.38. The molecule has 7 heteroatoms. The molecule has 0 bridgehead atoms.